The van der Waals surface area contributed by atoms with Crippen molar-refractivity contribution in [3.05, 3.63) is 69.8 Å². The number of ether oxygens (including phenoxy) is 1. The number of carbonyl (C=O) groups excluding carboxylic acids is 3. The maximum absolute atomic E-state index is 12.5. The fourth-order valence-corrected chi connectivity index (χ4v) is 3.34. The Morgan fingerprint density at radius 3 is 2.57 bits per heavy atom. The molecule has 1 aliphatic heterocycles. The van der Waals surface area contributed by atoms with Crippen molar-refractivity contribution in [1.29, 1.82) is 0 Å². The Kier molecular flexibility index (Phi) is 6.41. The molecule has 9 nitrogen and oxygen atoms in total. The van der Waals surface area contributed by atoms with E-state index in [2.05, 4.69) is 5.32 Å². The quantitative estimate of drug-likeness (QED) is 0.424. The molecular formula is C21H21N3O6. The molecule has 30 heavy (non-hydrogen) atoms. The van der Waals surface area contributed by atoms with E-state index in [0.717, 1.165) is 17.7 Å². The number of esters is 1. The Labute approximate surface area is 172 Å². The predicted octanol–water partition coefficient (Wildman–Crippen LogP) is 2.24. The van der Waals surface area contributed by atoms with Crippen molar-refractivity contribution in [2.24, 2.45) is 0 Å². The average molecular weight is 411 g/mol. The maximum Gasteiger partial charge on any atom is 0.308 e. The first kappa shape index (κ1) is 21.0. The van der Waals surface area contributed by atoms with Crippen LogP contribution in [-0.4, -0.2) is 41.9 Å². The summed E-state index contributed by atoms with van der Waals surface area (Å²) in [5.41, 5.74) is 2.04. The highest BCUT2D eigenvalue weighted by Crippen LogP contribution is 2.31. The van der Waals surface area contributed by atoms with Crippen molar-refractivity contribution < 1.29 is 24.0 Å². The van der Waals surface area contributed by atoms with Gasteiger partial charge in [0.05, 0.1) is 11.3 Å². The topological polar surface area (TPSA) is 119 Å². The summed E-state index contributed by atoms with van der Waals surface area (Å²) in [6, 6.07) is 12.7. The minimum absolute atomic E-state index is 0.00501. The van der Waals surface area contributed by atoms with Crippen LogP contribution in [-0.2, 0) is 20.7 Å². The molecule has 0 spiro atoms. The molecule has 1 N–H and O–H groups in total. The Bertz CT molecular complexity index is 973. The second kappa shape index (κ2) is 9.17. The van der Waals surface area contributed by atoms with Gasteiger partial charge in [-0.05, 0) is 37.1 Å². The summed E-state index contributed by atoms with van der Waals surface area (Å²) < 4.78 is 5.05. The van der Waals surface area contributed by atoms with Crippen LogP contribution in [0.25, 0.3) is 0 Å². The molecule has 0 bridgehead atoms. The van der Waals surface area contributed by atoms with Crippen LogP contribution >= 0.6 is 0 Å². The van der Waals surface area contributed by atoms with Crippen LogP contribution in [0.4, 0.5) is 11.4 Å². The number of nitrogens with one attached hydrogen (secondary N) is 1. The summed E-state index contributed by atoms with van der Waals surface area (Å²) in [7, 11) is 0. The van der Waals surface area contributed by atoms with E-state index in [0.29, 0.717) is 0 Å². The molecule has 1 atom stereocenters. The molecule has 1 aliphatic rings. The van der Waals surface area contributed by atoms with Crippen LogP contribution in [0.5, 0.6) is 0 Å². The van der Waals surface area contributed by atoms with Crippen LogP contribution < -0.4 is 10.2 Å². The van der Waals surface area contributed by atoms with Gasteiger partial charge in [-0.2, -0.15) is 0 Å². The molecule has 0 aromatic heterocycles. The molecule has 0 fully saturated rings. The van der Waals surface area contributed by atoms with Crippen LogP contribution in [0.1, 0.15) is 29.3 Å². The second-order valence-corrected chi connectivity index (χ2v) is 6.92. The van der Waals surface area contributed by atoms with E-state index in [9.17, 15) is 24.5 Å². The van der Waals surface area contributed by atoms with Crippen LogP contribution in [0.3, 0.4) is 0 Å². The maximum atomic E-state index is 12.5. The van der Waals surface area contributed by atoms with Crippen molar-refractivity contribution in [2.75, 3.05) is 18.1 Å². The molecule has 0 unspecified atom stereocenters. The van der Waals surface area contributed by atoms with E-state index in [1.54, 1.807) is 4.90 Å². The van der Waals surface area contributed by atoms with Crippen molar-refractivity contribution >= 4 is 29.2 Å². The van der Waals surface area contributed by atoms with E-state index in [1.807, 2.05) is 31.2 Å². The molecule has 1 heterocycles. The predicted molar refractivity (Wildman–Crippen MR) is 108 cm³/mol. The van der Waals surface area contributed by atoms with Gasteiger partial charge in [-0.25, -0.2) is 0 Å². The molecule has 2 aromatic carbocycles. The number of para-hydroxylation sites is 1. The number of rotatable bonds is 7. The first-order chi connectivity index (χ1) is 14.4. The monoisotopic (exact) mass is 411 g/mol. The summed E-state index contributed by atoms with van der Waals surface area (Å²) >= 11 is 0. The lowest BCUT2D eigenvalue weighted by molar-refractivity contribution is -0.384. The van der Waals surface area contributed by atoms with Gasteiger partial charge in [0.2, 0.25) is 0 Å². The minimum Gasteiger partial charge on any atom is -0.455 e. The normalized spacial score (nSPS) is 14.7. The zero-order valence-corrected chi connectivity index (χ0v) is 16.4. The lowest BCUT2D eigenvalue weighted by Crippen LogP contribution is -2.39. The molecule has 2 amide bonds. The van der Waals surface area contributed by atoms with Crippen molar-refractivity contribution in [1.82, 2.24) is 5.32 Å². The number of amides is 2. The molecule has 0 radical (unpaired) electrons. The third kappa shape index (κ3) is 4.80. The number of hydrogen-bond acceptors (Lipinski definition) is 6. The zero-order valence-electron chi connectivity index (χ0n) is 16.4. The number of non-ortho nitro benzene ring substituents is 1. The lowest BCUT2D eigenvalue weighted by Gasteiger charge is -2.22. The fraction of sp³-hybridized carbons (Fsp3) is 0.286. The van der Waals surface area contributed by atoms with Crippen LogP contribution in [0.15, 0.2) is 48.5 Å². The highest BCUT2D eigenvalue weighted by molar-refractivity contribution is 5.98. The largest absolute Gasteiger partial charge is 0.455 e. The first-order valence-electron chi connectivity index (χ1n) is 9.45. The Hall–Kier alpha value is -3.75. The molecule has 156 valence electrons. The minimum atomic E-state index is -0.604. The molecule has 9 heteroatoms. The lowest BCUT2D eigenvalue weighted by atomic mass is 10.1. The van der Waals surface area contributed by atoms with Crippen molar-refractivity contribution in [2.45, 2.75) is 25.8 Å². The van der Waals surface area contributed by atoms with E-state index >= 15 is 0 Å². The molecule has 3 rings (SSSR count). The second-order valence-electron chi connectivity index (χ2n) is 6.92. The highest BCUT2D eigenvalue weighted by atomic mass is 16.6. The number of nitro groups is 1. The zero-order chi connectivity index (χ0) is 21.7. The van der Waals surface area contributed by atoms with Crippen molar-refractivity contribution in [3.63, 3.8) is 0 Å². The number of hydrogen-bond donors (Lipinski definition) is 1. The molecule has 0 aliphatic carbocycles. The van der Waals surface area contributed by atoms with Gasteiger partial charge in [0.15, 0.2) is 6.61 Å². The first-order valence-corrected chi connectivity index (χ1v) is 9.45. The smallest absolute Gasteiger partial charge is 0.308 e. The Morgan fingerprint density at radius 2 is 1.87 bits per heavy atom. The Morgan fingerprint density at radius 1 is 1.17 bits per heavy atom. The van der Waals surface area contributed by atoms with Gasteiger partial charge >= 0.3 is 5.97 Å². The molecule has 0 saturated carbocycles. The highest BCUT2D eigenvalue weighted by Gasteiger charge is 2.30. The third-order valence-electron chi connectivity index (χ3n) is 4.79. The Balaban J connectivity index is 1.42. The average Bonchev–Trinajstić information content (AvgIpc) is 3.07. The van der Waals surface area contributed by atoms with E-state index in [4.69, 9.17) is 4.74 Å². The summed E-state index contributed by atoms with van der Waals surface area (Å²) in [4.78, 5) is 48.1. The number of nitro benzene ring substituents is 1. The summed E-state index contributed by atoms with van der Waals surface area (Å²) in [5, 5.41) is 13.2. The number of anilines is 1. The number of nitrogens with zero attached hydrogens (tertiary/aromatic N) is 2. The van der Waals surface area contributed by atoms with Crippen molar-refractivity contribution in [3.8, 4) is 0 Å². The fourth-order valence-electron chi connectivity index (χ4n) is 3.34. The number of carbonyl (C=O) groups is 3. The van der Waals surface area contributed by atoms with Gasteiger partial charge in [0, 0.05) is 36.0 Å². The number of benzene rings is 2. The summed E-state index contributed by atoms with van der Waals surface area (Å²) in [6.45, 7) is 1.59. The van der Waals surface area contributed by atoms with Gasteiger partial charge in [-0.1, -0.05) is 18.2 Å². The summed E-state index contributed by atoms with van der Waals surface area (Å²) in [5.74, 6) is -1.36. The standard InChI is InChI=1S/C21H21N3O6/c1-14-12-16-4-2-3-5-18(16)23(14)19(25)13-30-20(26)10-11-22-21(27)15-6-8-17(9-7-15)24(28)29/h2-9,14H,10-13H2,1H3,(H,22,27)/t14-/m1/s1. The molecular weight excluding hydrogens is 390 g/mol. The van der Waals surface area contributed by atoms with Crippen LogP contribution in [0.2, 0.25) is 0 Å². The van der Waals surface area contributed by atoms with E-state index in [-0.39, 0.29) is 42.8 Å². The molecule has 0 saturated heterocycles. The van der Waals surface area contributed by atoms with Crippen LogP contribution in [0, 0.1) is 10.1 Å². The SMILES string of the molecule is C[C@@H]1Cc2ccccc2N1C(=O)COC(=O)CCNC(=O)c1ccc([N+](=O)[O-])cc1. The number of fused-ring (bicyclic) bond motifs is 1. The van der Waals surface area contributed by atoms with E-state index in [1.165, 1.54) is 24.3 Å². The van der Waals surface area contributed by atoms with E-state index < -0.39 is 16.8 Å². The van der Waals surface area contributed by atoms with Gasteiger partial charge in [-0.3, -0.25) is 24.5 Å². The van der Waals surface area contributed by atoms with Gasteiger partial charge in [0.25, 0.3) is 17.5 Å². The third-order valence-corrected chi connectivity index (χ3v) is 4.79. The summed E-state index contributed by atoms with van der Waals surface area (Å²) in [6.07, 6.45) is 0.655. The van der Waals surface area contributed by atoms with Gasteiger partial charge < -0.3 is 15.0 Å². The van der Waals surface area contributed by atoms with Gasteiger partial charge in [0.1, 0.15) is 0 Å². The van der Waals surface area contributed by atoms with Gasteiger partial charge in [-0.15, -0.1) is 0 Å². The molecule has 2 aromatic rings.